The summed E-state index contributed by atoms with van der Waals surface area (Å²) in [6, 6.07) is -0.142. The standard InChI is InChI=1S/C15H25N3O3S2/c1-11(14-17-12(10-22-14)15(2,3)4)16-13(19)9-18-5-7-23(20,21)8-6-18/h10-11H,5-9H2,1-4H3,(H,16,19). The van der Waals surface area contributed by atoms with Crippen LogP contribution in [0.25, 0.3) is 0 Å². The number of hydrogen-bond donors (Lipinski definition) is 1. The second-order valence-electron chi connectivity index (χ2n) is 7.04. The molecule has 0 radical (unpaired) electrons. The van der Waals surface area contributed by atoms with Gasteiger partial charge in [-0.3, -0.25) is 9.69 Å². The summed E-state index contributed by atoms with van der Waals surface area (Å²) >= 11 is 1.55. The molecule has 1 unspecified atom stereocenters. The molecule has 1 fully saturated rings. The Bertz CT molecular complexity index is 648. The lowest BCUT2D eigenvalue weighted by molar-refractivity contribution is -0.122. The second-order valence-corrected chi connectivity index (χ2v) is 10.2. The number of sulfone groups is 1. The van der Waals surface area contributed by atoms with Crippen molar-refractivity contribution in [2.75, 3.05) is 31.1 Å². The number of carbonyl (C=O) groups excluding carboxylic acids is 1. The van der Waals surface area contributed by atoms with Crippen molar-refractivity contribution in [2.45, 2.75) is 39.2 Å². The van der Waals surface area contributed by atoms with E-state index in [1.165, 1.54) is 0 Å². The lowest BCUT2D eigenvalue weighted by Gasteiger charge is -2.26. The third-order valence-corrected chi connectivity index (χ3v) is 6.48. The van der Waals surface area contributed by atoms with Gasteiger partial charge < -0.3 is 5.32 Å². The molecule has 0 saturated carbocycles. The first kappa shape index (κ1) is 18.4. The van der Waals surface area contributed by atoms with Gasteiger partial charge in [-0.2, -0.15) is 0 Å². The minimum atomic E-state index is -2.91. The Kier molecular flexibility index (Phi) is 5.48. The fourth-order valence-corrected chi connectivity index (χ4v) is 4.62. The summed E-state index contributed by atoms with van der Waals surface area (Å²) in [6.07, 6.45) is 0. The molecule has 1 N–H and O–H groups in total. The molecule has 0 aromatic carbocycles. The number of amides is 1. The minimum absolute atomic E-state index is 0.00221. The van der Waals surface area contributed by atoms with Crippen LogP contribution in [0.2, 0.25) is 0 Å². The van der Waals surface area contributed by atoms with Gasteiger partial charge in [-0.05, 0) is 6.92 Å². The first-order chi connectivity index (χ1) is 10.6. The highest BCUT2D eigenvalue weighted by Gasteiger charge is 2.24. The Morgan fingerprint density at radius 1 is 1.39 bits per heavy atom. The van der Waals surface area contributed by atoms with Crippen molar-refractivity contribution < 1.29 is 13.2 Å². The van der Waals surface area contributed by atoms with Gasteiger partial charge in [-0.15, -0.1) is 11.3 Å². The average Bonchev–Trinajstić information content (AvgIpc) is 2.91. The zero-order valence-corrected chi connectivity index (χ0v) is 15.8. The number of nitrogens with zero attached hydrogens (tertiary/aromatic N) is 2. The molecule has 1 aliphatic rings. The number of aromatic nitrogens is 1. The van der Waals surface area contributed by atoms with Gasteiger partial charge in [0.2, 0.25) is 5.91 Å². The molecule has 1 aromatic heterocycles. The molecule has 130 valence electrons. The van der Waals surface area contributed by atoms with Crippen molar-refractivity contribution in [3.8, 4) is 0 Å². The average molecular weight is 360 g/mol. The smallest absolute Gasteiger partial charge is 0.234 e. The van der Waals surface area contributed by atoms with Crippen molar-refractivity contribution in [1.29, 1.82) is 0 Å². The summed E-state index contributed by atoms with van der Waals surface area (Å²) in [7, 11) is -2.91. The van der Waals surface area contributed by atoms with Gasteiger partial charge in [0.25, 0.3) is 0 Å². The molecule has 1 amide bonds. The van der Waals surface area contributed by atoms with Crippen molar-refractivity contribution in [3.05, 3.63) is 16.1 Å². The van der Waals surface area contributed by atoms with Gasteiger partial charge in [-0.25, -0.2) is 13.4 Å². The molecule has 0 bridgehead atoms. The van der Waals surface area contributed by atoms with E-state index in [1.54, 1.807) is 11.3 Å². The molecule has 1 aliphatic heterocycles. The molecule has 8 heteroatoms. The summed E-state index contributed by atoms with van der Waals surface area (Å²) in [6.45, 7) is 9.34. The quantitative estimate of drug-likeness (QED) is 0.878. The zero-order chi connectivity index (χ0) is 17.3. The first-order valence-corrected chi connectivity index (χ1v) is 10.4. The largest absolute Gasteiger partial charge is 0.346 e. The predicted molar refractivity (Wildman–Crippen MR) is 92.5 cm³/mol. The number of carbonyl (C=O) groups is 1. The molecule has 2 heterocycles. The summed E-state index contributed by atoms with van der Waals surface area (Å²) in [5.74, 6) is 0.179. The van der Waals surface area contributed by atoms with Crippen LogP contribution < -0.4 is 5.32 Å². The van der Waals surface area contributed by atoms with Gasteiger partial charge in [-0.1, -0.05) is 20.8 Å². The summed E-state index contributed by atoms with van der Waals surface area (Å²) < 4.78 is 22.8. The molecule has 1 aromatic rings. The number of thiazole rings is 1. The van der Waals surface area contributed by atoms with Crippen LogP contribution in [0.15, 0.2) is 5.38 Å². The molecule has 0 spiro atoms. The van der Waals surface area contributed by atoms with Crippen LogP contribution >= 0.6 is 11.3 Å². The van der Waals surface area contributed by atoms with E-state index in [-0.39, 0.29) is 35.4 Å². The van der Waals surface area contributed by atoms with Crippen LogP contribution in [0.3, 0.4) is 0 Å². The molecule has 1 atom stereocenters. The maximum Gasteiger partial charge on any atom is 0.234 e. The molecule has 6 nitrogen and oxygen atoms in total. The first-order valence-electron chi connectivity index (χ1n) is 7.75. The molecule has 23 heavy (non-hydrogen) atoms. The highest BCUT2D eigenvalue weighted by Crippen LogP contribution is 2.26. The van der Waals surface area contributed by atoms with Crippen LogP contribution in [0, 0.1) is 0 Å². The van der Waals surface area contributed by atoms with Gasteiger partial charge >= 0.3 is 0 Å². The zero-order valence-electron chi connectivity index (χ0n) is 14.1. The number of nitrogens with one attached hydrogen (secondary N) is 1. The van der Waals surface area contributed by atoms with E-state index in [0.717, 1.165) is 10.7 Å². The van der Waals surface area contributed by atoms with Gasteiger partial charge in [0.15, 0.2) is 9.84 Å². The van der Waals surface area contributed by atoms with Crippen LogP contribution in [-0.4, -0.2) is 55.3 Å². The van der Waals surface area contributed by atoms with Crippen LogP contribution in [0.4, 0.5) is 0 Å². The lowest BCUT2D eigenvalue weighted by Crippen LogP contribution is -2.45. The summed E-state index contributed by atoms with van der Waals surface area (Å²) in [5.41, 5.74) is 1.03. The third kappa shape index (κ3) is 5.26. The van der Waals surface area contributed by atoms with E-state index in [0.29, 0.717) is 13.1 Å². The maximum absolute atomic E-state index is 12.1. The van der Waals surface area contributed by atoms with Crippen molar-refractivity contribution in [2.24, 2.45) is 0 Å². The SMILES string of the molecule is CC(NC(=O)CN1CCS(=O)(=O)CC1)c1nc(C(C)(C)C)cs1. The highest BCUT2D eigenvalue weighted by molar-refractivity contribution is 7.91. The van der Waals surface area contributed by atoms with E-state index < -0.39 is 9.84 Å². The fraction of sp³-hybridized carbons (Fsp3) is 0.733. The Hall–Kier alpha value is -0.990. The van der Waals surface area contributed by atoms with E-state index >= 15 is 0 Å². The summed E-state index contributed by atoms with van der Waals surface area (Å²) in [5, 5.41) is 5.88. The molecule has 2 rings (SSSR count). The monoisotopic (exact) mass is 359 g/mol. The molecular weight excluding hydrogens is 334 g/mol. The Labute approximate surface area is 142 Å². The van der Waals surface area contributed by atoms with Crippen LogP contribution in [0.5, 0.6) is 0 Å². The van der Waals surface area contributed by atoms with E-state index in [1.807, 2.05) is 17.2 Å². The highest BCUT2D eigenvalue weighted by atomic mass is 32.2. The Morgan fingerprint density at radius 3 is 2.52 bits per heavy atom. The van der Waals surface area contributed by atoms with E-state index in [9.17, 15) is 13.2 Å². The second kappa shape index (κ2) is 6.86. The Morgan fingerprint density at radius 2 is 2.00 bits per heavy atom. The van der Waals surface area contributed by atoms with Crippen LogP contribution in [0.1, 0.15) is 44.4 Å². The summed E-state index contributed by atoms with van der Waals surface area (Å²) in [4.78, 5) is 18.6. The van der Waals surface area contributed by atoms with Gasteiger partial charge in [0.1, 0.15) is 5.01 Å². The number of rotatable bonds is 4. The normalized spacial score (nSPS) is 20.2. The molecule has 1 saturated heterocycles. The Balaban J connectivity index is 1.86. The van der Waals surface area contributed by atoms with Crippen molar-refractivity contribution >= 4 is 27.1 Å². The van der Waals surface area contributed by atoms with E-state index in [2.05, 4.69) is 31.1 Å². The predicted octanol–water partition coefficient (Wildman–Crippen LogP) is 1.35. The van der Waals surface area contributed by atoms with Crippen molar-refractivity contribution in [3.63, 3.8) is 0 Å². The minimum Gasteiger partial charge on any atom is -0.346 e. The topological polar surface area (TPSA) is 79.4 Å². The van der Waals surface area contributed by atoms with E-state index in [4.69, 9.17) is 0 Å². The lowest BCUT2D eigenvalue weighted by atomic mass is 9.93. The van der Waals surface area contributed by atoms with Crippen LogP contribution in [-0.2, 0) is 20.0 Å². The number of hydrogen-bond acceptors (Lipinski definition) is 6. The molecular formula is C15H25N3O3S2. The fourth-order valence-electron chi connectivity index (χ4n) is 2.29. The van der Waals surface area contributed by atoms with Crippen molar-refractivity contribution in [1.82, 2.24) is 15.2 Å². The third-order valence-electron chi connectivity index (χ3n) is 3.84. The molecule has 0 aliphatic carbocycles. The maximum atomic E-state index is 12.1. The van der Waals surface area contributed by atoms with Gasteiger partial charge in [0, 0.05) is 23.9 Å². The van der Waals surface area contributed by atoms with Gasteiger partial charge in [0.05, 0.1) is 29.8 Å².